The van der Waals surface area contributed by atoms with Crippen molar-refractivity contribution >= 4 is 52.1 Å². The molecule has 2 fully saturated rings. The van der Waals surface area contributed by atoms with E-state index in [0.29, 0.717) is 27.9 Å². The van der Waals surface area contributed by atoms with Crippen molar-refractivity contribution in [2.24, 2.45) is 11.7 Å². The predicted octanol–water partition coefficient (Wildman–Crippen LogP) is 3.68. The van der Waals surface area contributed by atoms with Crippen LogP contribution in [0.15, 0.2) is 48.7 Å². The molecular weight excluding hydrogens is 533 g/mol. The molecule has 3 N–H and O–H groups in total. The first-order chi connectivity index (χ1) is 18.7. The van der Waals surface area contributed by atoms with Gasteiger partial charge in [-0.15, -0.1) is 0 Å². The van der Waals surface area contributed by atoms with Crippen LogP contribution in [0.5, 0.6) is 5.75 Å². The van der Waals surface area contributed by atoms with Crippen molar-refractivity contribution in [2.45, 2.75) is 31.5 Å². The number of halogens is 2. The van der Waals surface area contributed by atoms with Gasteiger partial charge in [0.15, 0.2) is 6.61 Å². The van der Waals surface area contributed by atoms with E-state index in [1.54, 1.807) is 36.4 Å². The molecule has 1 aliphatic carbocycles. The molecule has 0 radical (unpaired) electrons. The topological polar surface area (TPSA) is 136 Å². The zero-order valence-electron chi connectivity index (χ0n) is 20.8. The van der Waals surface area contributed by atoms with E-state index in [9.17, 15) is 23.7 Å². The normalized spacial score (nSPS) is 19.4. The van der Waals surface area contributed by atoms with E-state index in [0.717, 1.165) is 11.0 Å². The van der Waals surface area contributed by atoms with Gasteiger partial charge in [-0.25, -0.2) is 14.4 Å². The maximum atomic E-state index is 14.9. The summed E-state index contributed by atoms with van der Waals surface area (Å²) in [6, 6.07) is 8.63. The number of methoxy groups -OCH3 is 1. The predicted molar refractivity (Wildman–Crippen MR) is 139 cm³/mol. The number of esters is 1. The number of ether oxygens (including phenoxy) is 2. The third kappa shape index (κ3) is 5.32. The summed E-state index contributed by atoms with van der Waals surface area (Å²) in [6.45, 7) is -0.633. The Kier molecular flexibility index (Phi) is 7.04. The van der Waals surface area contributed by atoms with Gasteiger partial charge in [-0.3, -0.25) is 9.36 Å². The van der Waals surface area contributed by atoms with Crippen LogP contribution in [-0.2, 0) is 20.9 Å². The molecule has 0 bridgehead atoms. The summed E-state index contributed by atoms with van der Waals surface area (Å²) in [5.74, 6) is -1.00. The number of aromatic nitrogens is 1. The SMILES string of the molecule is COC(=O)COc1ccc2c(NC(=O)N3[C@@H]4C[C@@H]4C[C@H]3C(=O)N(F)Cc3cccc(Cl)c3)cn(C(N)=O)c2c1. The Bertz CT molecular complexity index is 1480. The minimum Gasteiger partial charge on any atom is -0.482 e. The van der Waals surface area contributed by atoms with Gasteiger partial charge >= 0.3 is 18.0 Å². The fraction of sp³-hybridized carbons (Fsp3) is 0.308. The first kappa shape index (κ1) is 26.3. The summed E-state index contributed by atoms with van der Waals surface area (Å²) in [5, 5.41) is 3.75. The summed E-state index contributed by atoms with van der Waals surface area (Å²) in [4.78, 5) is 51.3. The van der Waals surface area contributed by atoms with Crippen LogP contribution >= 0.6 is 11.6 Å². The average molecular weight is 558 g/mol. The molecule has 1 saturated heterocycles. The summed E-state index contributed by atoms with van der Waals surface area (Å²) >= 11 is 5.96. The van der Waals surface area contributed by atoms with E-state index in [4.69, 9.17) is 22.1 Å². The smallest absolute Gasteiger partial charge is 0.343 e. The Hall–Kier alpha value is -4.32. The average Bonchev–Trinajstić information content (AvgIpc) is 3.42. The van der Waals surface area contributed by atoms with Gasteiger partial charge in [0, 0.05) is 28.7 Å². The second-order valence-corrected chi connectivity index (χ2v) is 9.87. The molecule has 204 valence electrons. The lowest BCUT2D eigenvalue weighted by Crippen LogP contribution is -2.48. The number of anilines is 1. The largest absolute Gasteiger partial charge is 0.482 e. The molecule has 1 aliphatic heterocycles. The second kappa shape index (κ2) is 10.4. The molecule has 11 nitrogen and oxygen atoms in total. The minimum atomic E-state index is -0.972. The van der Waals surface area contributed by atoms with Crippen molar-refractivity contribution in [1.82, 2.24) is 14.6 Å². The number of urea groups is 1. The van der Waals surface area contributed by atoms with Gasteiger partial charge in [-0.2, -0.15) is 5.12 Å². The highest BCUT2D eigenvalue weighted by Crippen LogP contribution is 2.48. The summed E-state index contributed by atoms with van der Waals surface area (Å²) in [6.07, 6.45) is 2.44. The van der Waals surface area contributed by atoms with E-state index in [2.05, 4.69) is 10.1 Å². The zero-order chi connectivity index (χ0) is 27.8. The number of carbonyl (C=O) groups is 4. The first-order valence-corrected chi connectivity index (χ1v) is 12.5. The third-order valence-corrected chi connectivity index (χ3v) is 7.15. The zero-order valence-corrected chi connectivity index (χ0v) is 21.6. The van der Waals surface area contributed by atoms with Crippen LogP contribution in [0.1, 0.15) is 18.4 Å². The van der Waals surface area contributed by atoms with Crippen LogP contribution in [-0.4, -0.2) is 64.3 Å². The number of likely N-dealkylation sites (tertiary alicyclic amines) is 1. The number of nitrogens with zero attached hydrogens (tertiary/aromatic N) is 3. The fourth-order valence-corrected chi connectivity index (χ4v) is 5.18. The molecule has 5 rings (SSSR count). The molecule has 1 aromatic heterocycles. The monoisotopic (exact) mass is 557 g/mol. The standard InChI is InChI=1S/C26H25ClFN5O6/c1-38-23(34)13-39-17-5-6-18-19(12-31(25(29)36)21(18)10-17)30-26(37)33-20-8-15(20)9-22(33)24(35)32(28)11-14-3-2-4-16(27)7-14/h2-7,10,12,15,20,22H,8-9,11,13H2,1H3,(H2,29,36)(H,30,37)/t15-,20-,22+/m1/s1. The number of hydrogen-bond donors (Lipinski definition) is 2. The Morgan fingerprint density at radius 1 is 1.18 bits per heavy atom. The maximum absolute atomic E-state index is 14.9. The van der Waals surface area contributed by atoms with Gasteiger partial charge in [-0.05, 0) is 48.6 Å². The highest BCUT2D eigenvalue weighted by atomic mass is 35.5. The van der Waals surface area contributed by atoms with Gasteiger partial charge in [0.2, 0.25) is 0 Å². The molecule has 3 atom stereocenters. The van der Waals surface area contributed by atoms with Gasteiger partial charge in [-0.1, -0.05) is 28.2 Å². The number of rotatable bonds is 7. The Morgan fingerprint density at radius 3 is 2.69 bits per heavy atom. The Labute approximate surface area is 227 Å². The molecule has 0 spiro atoms. The molecule has 2 heterocycles. The number of nitrogens with two attached hydrogens (primary N) is 1. The summed E-state index contributed by atoms with van der Waals surface area (Å²) < 4.78 is 26.0. The fourth-order valence-electron chi connectivity index (χ4n) is 4.96. The van der Waals surface area contributed by atoms with Crippen LogP contribution in [0.25, 0.3) is 10.9 Å². The summed E-state index contributed by atoms with van der Waals surface area (Å²) in [5.41, 5.74) is 6.63. The molecule has 2 aromatic carbocycles. The maximum Gasteiger partial charge on any atom is 0.343 e. The van der Waals surface area contributed by atoms with Crippen LogP contribution in [0.2, 0.25) is 5.02 Å². The molecule has 13 heteroatoms. The van der Waals surface area contributed by atoms with Crippen LogP contribution in [0.4, 0.5) is 19.8 Å². The Balaban J connectivity index is 1.34. The molecule has 0 unspecified atom stereocenters. The first-order valence-electron chi connectivity index (χ1n) is 12.1. The van der Waals surface area contributed by atoms with Crippen molar-refractivity contribution in [2.75, 3.05) is 19.0 Å². The lowest BCUT2D eigenvalue weighted by molar-refractivity contribution is -0.152. The lowest BCUT2D eigenvalue weighted by atomic mass is 10.1. The minimum absolute atomic E-state index is 0.107. The van der Waals surface area contributed by atoms with Gasteiger partial charge in [0.25, 0.3) is 5.91 Å². The van der Waals surface area contributed by atoms with Crippen LogP contribution in [0, 0.1) is 5.92 Å². The van der Waals surface area contributed by atoms with Crippen molar-refractivity contribution in [3.05, 3.63) is 59.2 Å². The van der Waals surface area contributed by atoms with Crippen molar-refractivity contribution in [3.63, 3.8) is 0 Å². The number of piperidine rings is 1. The van der Waals surface area contributed by atoms with E-state index < -0.39 is 30.0 Å². The molecule has 2 aliphatic rings. The van der Waals surface area contributed by atoms with E-state index in [1.165, 1.54) is 24.3 Å². The number of fused-ring (bicyclic) bond motifs is 2. The van der Waals surface area contributed by atoms with Crippen molar-refractivity contribution in [3.8, 4) is 5.75 Å². The van der Waals surface area contributed by atoms with Crippen molar-refractivity contribution < 1.29 is 33.1 Å². The highest BCUT2D eigenvalue weighted by molar-refractivity contribution is 6.30. The number of carbonyl (C=O) groups excluding carboxylic acids is 4. The van der Waals surface area contributed by atoms with Crippen LogP contribution in [0.3, 0.4) is 0 Å². The van der Waals surface area contributed by atoms with Crippen LogP contribution < -0.4 is 15.8 Å². The third-order valence-electron chi connectivity index (χ3n) is 6.91. The number of hydrogen-bond acceptors (Lipinski definition) is 6. The number of benzene rings is 2. The van der Waals surface area contributed by atoms with Crippen molar-refractivity contribution in [1.29, 1.82) is 0 Å². The van der Waals surface area contributed by atoms with E-state index in [-0.39, 0.29) is 41.7 Å². The molecular formula is C26H25ClFN5O6. The molecule has 39 heavy (non-hydrogen) atoms. The molecule has 3 aromatic rings. The van der Waals surface area contributed by atoms with Gasteiger partial charge in [0.1, 0.15) is 11.8 Å². The second-order valence-electron chi connectivity index (χ2n) is 9.44. The number of primary amides is 1. The number of amides is 4. The van der Waals surface area contributed by atoms with Gasteiger partial charge in [0.05, 0.1) is 24.9 Å². The highest BCUT2D eigenvalue weighted by Gasteiger charge is 2.57. The van der Waals surface area contributed by atoms with E-state index in [1.807, 2.05) is 0 Å². The summed E-state index contributed by atoms with van der Waals surface area (Å²) in [7, 11) is 1.23. The van der Waals surface area contributed by atoms with Gasteiger partial charge < -0.3 is 25.4 Å². The van der Waals surface area contributed by atoms with E-state index >= 15 is 0 Å². The Morgan fingerprint density at radius 2 is 1.97 bits per heavy atom. The quantitative estimate of drug-likeness (QED) is 0.336. The molecule has 4 amide bonds. The number of nitrogens with one attached hydrogen (secondary N) is 1. The lowest BCUT2D eigenvalue weighted by Gasteiger charge is -2.28. The molecule has 1 saturated carbocycles.